The Hall–Kier alpha value is -2.41. The molecule has 4 aromatic rings. The van der Waals surface area contributed by atoms with Crippen LogP contribution in [-0.2, 0) is 25.3 Å². The maximum absolute atomic E-state index is 6.33. The number of thiophene rings is 1. The van der Waals surface area contributed by atoms with Gasteiger partial charge in [-0.25, -0.2) is 9.97 Å². The number of nitrogens with zero attached hydrogens (tertiary/aromatic N) is 3. The Morgan fingerprint density at radius 1 is 1.00 bits per heavy atom. The Balaban J connectivity index is 1.40. The van der Waals surface area contributed by atoms with Gasteiger partial charge in [0.25, 0.3) is 0 Å². The molecule has 1 aliphatic heterocycles. The number of nitrogen functional groups attached to an aromatic ring is 1. The van der Waals surface area contributed by atoms with E-state index in [2.05, 4.69) is 64.5 Å². The lowest BCUT2D eigenvalue weighted by Crippen LogP contribution is -2.29. The fourth-order valence-corrected chi connectivity index (χ4v) is 5.69. The molecule has 0 saturated heterocycles. The summed E-state index contributed by atoms with van der Waals surface area (Å²) in [5.41, 5.74) is 10.1. The van der Waals surface area contributed by atoms with Crippen molar-refractivity contribution in [3.05, 3.63) is 82.5 Å². The second-order valence-electron chi connectivity index (χ2n) is 7.25. The summed E-state index contributed by atoms with van der Waals surface area (Å²) in [5.74, 6) is 2.15. The van der Waals surface area contributed by atoms with Crippen LogP contribution >= 0.6 is 23.1 Å². The van der Waals surface area contributed by atoms with Gasteiger partial charge in [0.05, 0.1) is 16.0 Å². The highest BCUT2D eigenvalue weighted by molar-refractivity contribution is 7.98. The number of hydrogen-bond donors (Lipinski definition) is 1. The summed E-state index contributed by atoms with van der Waals surface area (Å²) in [6, 6.07) is 21.0. The number of rotatable bonds is 5. The maximum Gasteiger partial charge on any atom is 0.145 e. The Morgan fingerprint density at radius 2 is 1.76 bits per heavy atom. The Bertz CT molecular complexity index is 1130. The molecule has 146 valence electrons. The SMILES string of the molecule is Nc1nc(CSc2ccccc2)nc2c3c(sc12)CCN(Cc1ccccc1)C3. The molecule has 29 heavy (non-hydrogen) atoms. The normalized spacial score (nSPS) is 14.2. The van der Waals surface area contributed by atoms with Crippen molar-refractivity contribution < 1.29 is 0 Å². The first-order chi connectivity index (χ1) is 14.3. The van der Waals surface area contributed by atoms with Crippen molar-refractivity contribution in [3.8, 4) is 0 Å². The fraction of sp³-hybridized carbons (Fsp3) is 0.217. The average Bonchev–Trinajstić information content (AvgIpc) is 3.12. The Morgan fingerprint density at radius 3 is 2.55 bits per heavy atom. The van der Waals surface area contributed by atoms with Crippen LogP contribution in [0.25, 0.3) is 10.2 Å². The van der Waals surface area contributed by atoms with Gasteiger partial charge in [0.2, 0.25) is 0 Å². The van der Waals surface area contributed by atoms with E-state index in [4.69, 9.17) is 10.7 Å². The van der Waals surface area contributed by atoms with E-state index in [-0.39, 0.29) is 0 Å². The smallest absolute Gasteiger partial charge is 0.145 e. The van der Waals surface area contributed by atoms with Gasteiger partial charge in [0.15, 0.2) is 0 Å². The first kappa shape index (κ1) is 18.6. The van der Waals surface area contributed by atoms with Crippen LogP contribution in [0.2, 0.25) is 0 Å². The van der Waals surface area contributed by atoms with Gasteiger partial charge in [0.1, 0.15) is 11.6 Å². The van der Waals surface area contributed by atoms with Gasteiger partial charge in [-0.3, -0.25) is 4.90 Å². The molecule has 2 aromatic carbocycles. The van der Waals surface area contributed by atoms with E-state index in [1.54, 1.807) is 23.1 Å². The van der Waals surface area contributed by atoms with Crippen LogP contribution in [0.4, 0.5) is 5.82 Å². The zero-order valence-corrected chi connectivity index (χ0v) is 17.7. The van der Waals surface area contributed by atoms with Crippen molar-refractivity contribution >= 4 is 39.1 Å². The van der Waals surface area contributed by atoms with Crippen molar-refractivity contribution in [2.45, 2.75) is 30.2 Å². The molecule has 6 heteroatoms. The van der Waals surface area contributed by atoms with Crippen molar-refractivity contribution in [2.75, 3.05) is 12.3 Å². The van der Waals surface area contributed by atoms with E-state index in [9.17, 15) is 0 Å². The minimum Gasteiger partial charge on any atom is -0.382 e. The molecule has 2 N–H and O–H groups in total. The monoisotopic (exact) mass is 418 g/mol. The highest BCUT2D eigenvalue weighted by Crippen LogP contribution is 2.37. The van der Waals surface area contributed by atoms with Gasteiger partial charge in [-0.1, -0.05) is 48.5 Å². The molecule has 2 aromatic heterocycles. The molecule has 0 aliphatic carbocycles. The topological polar surface area (TPSA) is 55.0 Å². The third-order valence-electron chi connectivity index (χ3n) is 5.18. The third-order valence-corrected chi connectivity index (χ3v) is 7.49. The number of aromatic nitrogens is 2. The quantitative estimate of drug-likeness (QED) is 0.456. The summed E-state index contributed by atoms with van der Waals surface area (Å²) < 4.78 is 1.05. The highest BCUT2D eigenvalue weighted by atomic mass is 32.2. The second kappa shape index (κ2) is 8.14. The number of anilines is 1. The van der Waals surface area contributed by atoms with E-state index in [0.717, 1.165) is 47.8 Å². The predicted octanol–water partition coefficient (Wildman–Crippen LogP) is 5.12. The molecule has 3 heterocycles. The van der Waals surface area contributed by atoms with E-state index in [1.807, 2.05) is 6.07 Å². The minimum absolute atomic E-state index is 0.618. The lowest BCUT2D eigenvalue weighted by molar-refractivity contribution is 0.248. The second-order valence-corrected chi connectivity index (χ2v) is 9.41. The summed E-state index contributed by atoms with van der Waals surface area (Å²) >= 11 is 3.52. The van der Waals surface area contributed by atoms with Crippen LogP contribution < -0.4 is 5.73 Å². The zero-order valence-electron chi connectivity index (χ0n) is 16.0. The highest BCUT2D eigenvalue weighted by Gasteiger charge is 2.24. The largest absolute Gasteiger partial charge is 0.382 e. The maximum atomic E-state index is 6.33. The van der Waals surface area contributed by atoms with Crippen molar-refractivity contribution in [1.82, 2.24) is 14.9 Å². The van der Waals surface area contributed by atoms with Crippen molar-refractivity contribution in [3.63, 3.8) is 0 Å². The van der Waals surface area contributed by atoms with Crippen LogP contribution in [0.1, 0.15) is 21.8 Å². The molecular weight excluding hydrogens is 396 g/mol. The van der Waals surface area contributed by atoms with Gasteiger partial charge in [0, 0.05) is 35.0 Å². The summed E-state index contributed by atoms with van der Waals surface area (Å²) in [4.78, 5) is 14.7. The summed E-state index contributed by atoms with van der Waals surface area (Å²) in [7, 11) is 0. The molecule has 1 aliphatic rings. The van der Waals surface area contributed by atoms with Gasteiger partial charge in [-0.2, -0.15) is 0 Å². The van der Waals surface area contributed by atoms with Gasteiger partial charge >= 0.3 is 0 Å². The molecule has 4 nitrogen and oxygen atoms in total. The molecule has 0 bridgehead atoms. The van der Waals surface area contributed by atoms with Crippen LogP contribution in [0.3, 0.4) is 0 Å². The molecule has 0 atom stereocenters. The number of nitrogens with two attached hydrogens (primary N) is 1. The fourth-order valence-electron chi connectivity index (χ4n) is 3.77. The Labute approximate surface area is 178 Å². The standard InChI is InChI=1S/C23H22N4S2/c24-23-22-21(25-20(26-23)15-28-17-9-5-2-6-10-17)18-14-27(12-11-19(18)29-22)13-16-7-3-1-4-8-16/h1-10H,11-15H2,(H2,24,25,26). The third kappa shape index (κ3) is 4.01. The van der Waals surface area contributed by atoms with Gasteiger partial charge in [-0.05, 0) is 24.1 Å². The van der Waals surface area contributed by atoms with E-state index >= 15 is 0 Å². The van der Waals surface area contributed by atoms with Crippen LogP contribution in [-0.4, -0.2) is 21.4 Å². The molecule has 0 saturated carbocycles. The van der Waals surface area contributed by atoms with Crippen molar-refractivity contribution in [1.29, 1.82) is 0 Å². The zero-order chi connectivity index (χ0) is 19.6. The van der Waals surface area contributed by atoms with E-state index in [1.165, 1.54) is 20.9 Å². The van der Waals surface area contributed by atoms with Crippen LogP contribution in [0.5, 0.6) is 0 Å². The van der Waals surface area contributed by atoms with Crippen LogP contribution in [0.15, 0.2) is 65.6 Å². The number of benzene rings is 2. The summed E-state index contributed by atoms with van der Waals surface area (Å²) in [6.45, 7) is 2.96. The summed E-state index contributed by atoms with van der Waals surface area (Å²) in [5, 5.41) is 0. The Kier molecular flexibility index (Phi) is 5.23. The average molecular weight is 419 g/mol. The molecule has 0 spiro atoms. The minimum atomic E-state index is 0.618. The molecule has 0 fully saturated rings. The number of hydrogen-bond acceptors (Lipinski definition) is 6. The first-order valence-electron chi connectivity index (χ1n) is 9.77. The number of fused-ring (bicyclic) bond motifs is 3. The van der Waals surface area contributed by atoms with Crippen molar-refractivity contribution in [2.24, 2.45) is 0 Å². The summed E-state index contributed by atoms with van der Waals surface area (Å²) in [6.07, 6.45) is 1.05. The molecule has 0 radical (unpaired) electrons. The first-order valence-corrected chi connectivity index (χ1v) is 11.6. The van der Waals surface area contributed by atoms with Gasteiger partial charge in [-0.15, -0.1) is 23.1 Å². The van der Waals surface area contributed by atoms with E-state index < -0.39 is 0 Å². The predicted molar refractivity (Wildman–Crippen MR) is 122 cm³/mol. The van der Waals surface area contributed by atoms with Gasteiger partial charge < -0.3 is 5.73 Å². The molecule has 5 rings (SSSR count). The molecular formula is C23H22N4S2. The van der Waals surface area contributed by atoms with E-state index in [0.29, 0.717) is 5.82 Å². The molecule has 0 unspecified atom stereocenters. The van der Waals surface area contributed by atoms with Crippen LogP contribution in [0, 0.1) is 0 Å². The molecule has 0 amide bonds. The lowest BCUT2D eigenvalue weighted by Gasteiger charge is -2.26. The number of thioether (sulfide) groups is 1. The lowest BCUT2D eigenvalue weighted by atomic mass is 10.1.